The number of aromatic nitrogens is 1. The SMILES string of the molecule is CC(Sc1ccccn1)C(N)=O.Cl. The zero-order valence-corrected chi connectivity index (χ0v) is 8.77. The quantitative estimate of drug-likeness (QED) is 0.782. The first-order chi connectivity index (χ1) is 5.70. The fourth-order valence-corrected chi connectivity index (χ4v) is 1.41. The van der Waals surface area contributed by atoms with Gasteiger partial charge in [0.15, 0.2) is 0 Å². The zero-order chi connectivity index (χ0) is 8.97. The zero-order valence-electron chi connectivity index (χ0n) is 7.14. The molecule has 0 aliphatic carbocycles. The highest BCUT2D eigenvalue weighted by molar-refractivity contribution is 8.00. The molecule has 0 spiro atoms. The van der Waals surface area contributed by atoms with Crippen molar-refractivity contribution in [3.63, 3.8) is 0 Å². The van der Waals surface area contributed by atoms with Gasteiger partial charge < -0.3 is 5.73 Å². The lowest BCUT2D eigenvalue weighted by molar-refractivity contribution is -0.117. The summed E-state index contributed by atoms with van der Waals surface area (Å²) in [5, 5.41) is 0.601. The van der Waals surface area contributed by atoms with Crippen molar-refractivity contribution in [2.75, 3.05) is 0 Å². The summed E-state index contributed by atoms with van der Waals surface area (Å²) in [6.07, 6.45) is 1.69. The van der Waals surface area contributed by atoms with Gasteiger partial charge in [0, 0.05) is 6.20 Å². The number of thioether (sulfide) groups is 1. The minimum absolute atomic E-state index is 0. The van der Waals surface area contributed by atoms with E-state index in [-0.39, 0.29) is 23.6 Å². The normalized spacial score (nSPS) is 11.5. The standard InChI is InChI=1S/C8H10N2OS.ClH/c1-6(8(9)11)12-7-4-2-3-5-10-7;/h2-6H,1H3,(H2,9,11);1H. The number of pyridine rings is 1. The van der Waals surface area contributed by atoms with Crippen LogP contribution in [-0.2, 0) is 4.79 Å². The lowest BCUT2D eigenvalue weighted by Crippen LogP contribution is -2.22. The Morgan fingerprint density at radius 3 is 2.77 bits per heavy atom. The molecule has 1 amide bonds. The van der Waals surface area contributed by atoms with Gasteiger partial charge in [0.25, 0.3) is 0 Å². The summed E-state index contributed by atoms with van der Waals surface area (Å²) < 4.78 is 0. The first-order valence-electron chi connectivity index (χ1n) is 3.57. The van der Waals surface area contributed by atoms with Crippen LogP contribution in [0.4, 0.5) is 0 Å². The van der Waals surface area contributed by atoms with E-state index in [0.29, 0.717) is 0 Å². The summed E-state index contributed by atoms with van der Waals surface area (Å²) in [6.45, 7) is 1.77. The maximum absolute atomic E-state index is 10.7. The number of halogens is 1. The van der Waals surface area contributed by atoms with Crippen LogP contribution in [-0.4, -0.2) is 16.1 Å². The highest BCUT2D eigenvalue weighted by atomic mass is 35.5. The molecule has 1 heterocycles. The second-order valence-corrected chi connectivity index (χ2v) is 3.69. The Hall–Kier alpha value is -0.740. The van der Waals surface area contributed by atoms with Gasteiger partial charge in [-0.2, -0.15) is 0 Å². The second kappa shape index (κ2) is 5.83. The highest BCUT2D eigenvalue weighted by Gasteiger charge is 2.09. The molecule has 0 bridgehead atoms. The smallest absolute Gasteiger partial charge is 0.230 e. The molecule has 0 aromatic carbocycles. The summed E-state index contributed by atoms with van der Waals surface area (Å²) >= 11 is 1.37. The van der Waals surface area contributed by atoms with Crippen molar-refractivity contribution in [2.45, 2.75) is 17.2 Å². The predicted molar refractivity (Wildman–Crippen MR) is 56.0 cm³/mol. The van der Waals surface area contributed by atoms with Gasteiger partial charge in [-0.3, -0.25) is 4.79 Å². The average Bonchev–Trinajstić information content (AvgIpc) is 2.06. The van der Waals surface area contributed by atoms with Gasteiger partial charge in [0.2, 0.25) is 5.91 Å². The molecule has 0 radical (unpaired) electrons. The number of nitrogens with two attached hydrogens (primary N) is 1. The molecule has 5 heteroatoms. The minimum atomic E-state index is -0.314. The van der Waals surface area contributed by atoms with E-state index >= 15 is 0 Å². The van der Waals surface area contributed by atoms with Crippen LogP contribution in [0.5, 0.6) is 0 Å². The molecule has 0 aliphatic rings. The third-order valence-electron chi connectivity index (χ3n) is 1.34. The van der Waals surface area contributed by atoms with E-state index in [0.717, 1.165) is 5.03 Å². The largest absolute Gasteiger partial charge is 0.369 e. The number of rotatable bonds is 3. The van der Waals surface area contributed by atoms with Crippen LogP contribution >= 0.6 is 24.2 Å². The van der Waals surface area contributed by atoms with Crippen LogP contribution in [0.2, 0.25) is 0 Å². The molecular weight excluding hydrogens is 208 g/mol. The fraction of sp³-hybridized carbons (Fsp3) is 0.250. The Balaban J connectivity index is 0.00000144. The first-order valence-corrected chi connectivity index (χ1v) is 4.45. The van der Waals surface area contributed by atoms with E-state index in [2.05, 4.69) is 4.98 Å². The number of hydrogen-bond acceptors (Lipinski definition) is 3. The number of amides is 1. The van der Waals surface area contributed by atoms with Gasteiger partial charge >= 0.3 is 0 Å². The third kappa shape index (κ3) is 4.15. The van der Waals surface area contributed by atoms with Gasteiger partial charge in [-0.25, -0.2) is 4.98 Å². The van der Waals surface area contributed by atoms with E-state index in [4.69, 9.17) is 5.73 Å². The molecule has 0 saturated carbocycles. The molecule has 0 saturated heterocycles. The summed E-state index contributed by atoms with van der Waals surface area (Å²) in [6, 6.07) is 5.56. The van der Waals surface area contributed by atoms with Crippen molar-refractivity contribution < 1.29 is 4.79 Å². The number of carbonyl (C=O) groups is 1. The summed E-state index contributed by atoms with van der Waals surface area (Å²) in [7, 11) is 0. The average molecular weight is 219 g/mol. The summed E-state index contributed by atoms with van der Waals surface area (Å²) in [4.78, 5) is 14.7. The van der Waals surface area contributed by atoms with Gasteiger partial charge in [-0.15, -0.1) is 12.4 Å². The predicted octanol–water partition coefficient (Wildman–Crippen LogP) is 1.47. The van der Waals surface area contributed by atoms with Gasteiger partial charge in [0.1, 0.15) is 0 Å². The molecule has 2 N–H and O–H groups in total. The molecule has 13 heavy (non-hydrogen) atoms. The van der Waals surface area contributed by atoms with Gasteiger partial charge in [0.05, 0.1) is 10.3 Å². The maximum Gasteiger partial charge on any atom is 0.230 e. The van der Waals surface area contributed by atoms with Crippen molar-refractivity contribution in [1.82, 2.24) is 4.98 Å². The molecule has 72 valence electrons. The number of nitrogens with zero attached hydrogens (tertiary/aromatic N) is 1. The van der Waals surface area contributed by atoms with Gasteiger partial charge in [-0.05, 0) is 19.1 Å². The molecular formula is C8H11ClN2OS. The summed E-state index contributed by atoms with van der Waals surface area (Å²) in [5.74, 6) is -0.314. The van der Waals surface area contributed by atoms with Crippen LogP contribution in [0.3, 0.4) is 0 Å². The minimum Gasteiger partial charge on any atom is -0.369 e. The Labute approximate surface area is 87.5 Å². The van der Waals surface area contributed by atoms with E-state index in [1.807, 2.05) is 18.2 Å². The van der Waals surface area contributed by atoms with E-state index in [9.17, 15) is 4.79 Å². The fourth-order valence-electron chi connectivity index (χ4n) is 0.656. The maximum atomic E-state index is 10.7. The molecule has 1 unspecified atom stereocenters. The Morgan fingerprint density at radius 2 is 2.31 bits per heavy atom. The topological polar surface area (TPSA) is 56.0 Å². The lowest BCUT2D eigenvalue weighted by Gasteiger charge is -2.04. The summed E-state index contributed by atoms with van der Waals surface area (Å²) in [5.41, 5.74) is 5.10. The number of primary amides is 1. The van der Waals surface area contributed by atoms with Crippen LogP contribution in [0.25, 0.3) is 0 Å². The van der Waals surface area contributed by atoms with Crippen molar-refractivity contribution in [3.05, 3.63) is 24.4 Å². The molecule has 0 fully saturated rings. The highest BCUT2D eigenvalue weighted by Crippen LogP contribution is 2.19. The second-order valence-electron chi connectivity index (χ2n) is 2.33. The number of carbonyl (C=O) groups excluding carboxylic acids is 1. The molecule has 1 aromatic heterocycles. The van der Waals surface area contributed by atoms with Crippen LogP contribution in [0, 0.1) is 0 Å². The lowest BCUT2D eigenvalue weighted by atomic mass is 10.5. The van der Waals surface area contributed by atoms with Crippen molar-refractivity contribution >= 4 is 30.1 Å². The third-order valence-corrected chi connectivity index (χ3v) is 2.40. The molecule has 1 rings (SSSR count). The molecule has 1 aromatic rings. The van der Waals surface area contributed by atoms with Crippen LogP contribution < -0.4 is 5.73 Å². The molecule has 3 nitrogen and oxygen atoms in total. The first kappa shape index (κ1) is 12.3. The van der Waals surface area contributed by atoms with E-state index < -0.39 is 0 Å². The van der Waals surface area contributed by atoms with Crippen molar-refractivity contribution in [1.29, 1.82) is 0 Å². The van der Waals surface area contributed by atoms with Gasteiger partial charge in [-0.1, -0.05) is 17.8 Å². The number of hydrogen-bond donors (Lipinski definition) is 1. The van der Waals surface area contributed by atoms with E-state index in [1.54, 1.807) is 13.1 Å². The monoisotopic (exact) mass is 218 g/mol. The molecule has 0 aliphatic heterocycles. The molecule has 1 atom stereocenters. The van der Waals surface area contributed by atoms with E-state index in [1.165, 1.54) is 11.8 Å². The van der Waals surface area contributed by atoms with Crippen LogP contribution in [0.15, 0.2) is 29.4 Å². The van der Waals surface area contributed by atoms with Crippen molar-refractivity contribution in [2.24, 2.45) is 5.73 Å². The van der Waals surface area contributed by atoms with Crippen LogP contribution in [0.1, 0.15) is 6.92 Å². The Morgan fingerprint density at radius 1 is 1.62 bits per heavy atom. The van der Waals surface area contributed by atoms with Crippen molar-refractivity contribution in [3.8, 4) is 0 Å². The Bertz CT molecular complexity index is 268. The Kier molecular flexibility index (Phi) is 5.50.